The Labute approximate surface area is 204 Å². The summed E-state index contributed by atoms with van der Waals surface area (Å²) in [5, 5.41) is 8.35. The molecule has 0 saturated heterocycles. The highest BCUT2D eigenvalue weighted by Crippen LogP contribution is 2.31. The van der Waals surface area contributed by atoms with Gasteiger partial charge in [0.2, 0.25) is 5.91 Å². The molecule has 186 valence electrons. The van der Waals surface area contributed by atoms with Crippen molar-refractivity contribution in [3.63, 3.8) is 0 Å². The first-order chi connectivity index (χ1) is 16.3. The van der Waals surface area contributed by atoms with Crippen LogP contribution in [0.25, 0.3) is 0 Å². The molecule has 0 aromatic heterocycles. The molecule has 7 nitrogen and oxygen atoms in total. The molecule has 0 bridgehead atoms. The molecule has 0 saturated carbocycles. The average Bonchev–Trinajstić information content (AvgIpc) is 2.83. The number of allylic oxidation sites excluding steroid dienone is 2. The van der Waals surface area contributed by atoms with Gasteiger partial charge < -0.3 is 15.5 Å². The van der Waals surface area contributed by atoms with Crippen molar-refractivity contribution in [2.75, 3.05) is 38.2 Å². The van der Waals surface area contributed by atoms with Crippen LogP contribution in [0.2, 0.25) is 0 Å². The van der Waals surface area contributed by atoms with E-state index >= 15 is 0 Å². The quantitative estimate of drug-likeness (QED) is 0.375. The lowest BCUT2D eigenvalue weighted by Crippen LogP contribution is -2.42. The largest absolute Gasteiger partial charge is 0.367 e. The van der Waals surface area contributed by atoms with Gasteiger partial charge in [0.25, 0.3) is 0 Å². The molecule has 0 aliphatic carbocycles. The number of rotatable bonds is 11. The Morgan fingerprint density at radius 1 is 1.32 bits per heavy atom. The lowest BCUT2D eigenvalue weighted by atomic mass is 9.86. The number of hydroxylamine groups is 2. The summed E-state index contributed by atoms with van der Waals surface area (Å²) in [5.74, 6) is 1.07. The highest BCUT2D eigenvalue weighted by atomic mass is 16.7. The van der Waals surface area contributed by atoms with Gasteiger partial charge in [0.1, 0.15) is 12.1 Å². The first-order valence-corrected chi connectivity index (χ1v) is 12.4. The summed E-state index contributed by atoms with van der Waals surface area (Å²) in [4.78, 5) is 32.1. The van der Waals surface area contributed by atoms with Crippen molar-refractivity contribution in [3.05, 3.63) is 52.4 Å². The van der Waals surface area contributed by atoms with Crippen LogP contribution < -0.4 is 15.5 Å². The molecular formula is C27H40N4O3. The third-order valence-electron chi connectivity index (χ3n) is 6.84. The van der Waals surface area contributed by atoms with Gasteiger partial charge in [0.05, 0.1) is 6.61 Å². The Balaban J connectivity index is 1.77. The van der Waals surface area contributed by atoms with E-state index in [4.69, 9.17) is 4.84 Å². The zero-order valence-corrected chi connectivity index (χ0v) is 21.4. The zero-order chi connectivity index (χ0) is 24.7. The van der Waals surface area contributed by atoms with Crippen molar-refractivity contribution < 1.29 is 14.4 Å². The molecule has 34 heavy (non-hydrogen) atoms. The van der Waals surface area contributed by atoms with Crippen molar-refractivity contribution in [2.45, 2.75) is 59.9 Å². The minimum Gasteiger partial charge on any atom is -0.367 e. The fourth-order valence-electron chi connectivity index (χ4n) is 4.35. The van der Waals surface area contributed by atoms with Gasteiger partial charge in [-0.05, 0) is 67.0 Å². The molecule has 1 aromatic carbocycles. The molecule has 0 radical (unpaired) electrons. The fourth-order valence-corrected chi connectivity index (χ4v) is 4.35. The summed E-state index contributed by atoms with van der Waals surface area (Å²) in [6.07, 6.45) is 6.95. The second kappa shape index (κ2) is 11.7. The minimum atomic E-state index is 0.0136. The van der Waals surface area contributed by atoms with Gasteiger partial charge in [-0.1, -0.05) is 27.2 Å². The number of carbonyl (C=O) groups excluding carboxylic acids is 2. The number of hydrogen-bond acceptors (Lipinski definition) is 6. The van der Waals surface area contributed by atoms with E-state index in [1.807, 2.05) is 26.1 Å². The van der Waals surface area contributed by atoms with Crippen molar-refractivity contribution in [1.82, 2.24) is 15.7 Å². The Morgan fingerprint density at radius 3 is 2.82 bits per heavy atom. The first-order valence-electron chi connectivity index (χ1n) is 12.4. The van der Waals surface area contributed by atoms with Gasteiger partial charge in [-0.15, -0.1) is 0 Å². The average molecular weight is 469 g/mol. The second-order valence-electron chi connectivity index (χ2n) is 9.88. The summed E-state index contributed by atoms with van der Waals surface area (Å²) in [5.41, 5.74) is 4.81. The van der Waals surface area contributed by atoms with Gasteiger partial charge >= 0.3 is 0 Å². The number of aldehydes is 1. The highest BCUT2D eigenvalue weighted by molar-refractivity contribution is 5.94. The predicted octanol–water partition coefficient (Wildman–Crippen LogP) is 4.17. The molecule has 3 rings (SSSR count). The fraction of sp³-hybridized carbons (Fsp3) is 0.556. The Morgan fingerprint density at radius 2 is 2.12 bits per heavy atom. The lowest BCUT2D eigenvalue weighted by Gasteiger charge is -2.36. The number of dihydropyridines is 1. The van der Waals surface area contributed by atoms with Gasteiger partial charge in [-0.25, -0.2) is 0 Å². The minimum absolute atomic E-state index is 0.0136. The van der Waals surface area contributed by atoms with E-state index in [0.717, 1.165) is 66.7 Å². The van der Waals surface area contributed by atoms with E-state index in [1.54, 1.807) is 5.06 Å². The first kappa shape index (κ1) is 26.0. The third-order valence-corrected chi connectivity index (χ3v) is 6.84. The van der Waals surface area contributed by atoms with Crippen LogP contribution in [0, 0.1) is 5.41 Å². The van der Waals surface area contributed by atoms with Crippen LogP contribution in [-0.2, 0) is 16.2 Å². The number of anilines is 1. The molecule has 0 fully saturated rings. The molecule has 2 N–H and O–H groups in total. The lowest BCUT2D eigenvalue weighted by molar-refractivity contribution is -0.141. The molecule has 0 unspecified atom stereocenters. The smallest absolute Gasteiger partial charge is 0.249 e. The van der Waals surface area contributed by atoms with Gasteiger partial charge in [-0.3, -0.25) is 14.4 Å². The number of carbonyl (C=O) groups is 2. The molecule has 1 aromatic rings. The SMILES string of the molecule is CCON(C)Cc1cc(N2CCCC3=C2NCC(C(=O)NCCC(C)(C)CC)=C3)ccc1C=O. The molecule has 2 heterocycles. The second-order valence-corrected chi connectivity index (χ2v) is 9.88. The van der Waals surface area contributed by atoms with E-state index in [-0.39, 0.29) is 11.3 Å². The van der Waals surface area contributed by atoms with Gasteiger partial charge in [0.15, 0.2) is 0 Å². The molecule has 0 spiro atoms. The van der Waals surface area contributed by atoms with E-state index in [2.05, 4.69) is 48.4 Å². The van der Waals surface area contributed by atoms with E-state index in [0.29, 0.717) is 31.8 Å². The number of nitrogens with one attached hydrogen (secondary N) is 2. The summed E-state index contributed by atoms with van der Waals surface area (Å²) in [6, 6.07) is 5.94. The molecule has 0 atom stereocenters. The molecule has 1 amide bonds. The predicted molar refractivity (Wildman–Crippen MR) is 136 cm³/mol. The van der Waals surface area contributed by atoms with Crippen LogP contribution in [0.15, 0.2) is 41.2 Å². The van der Waals surface area contributed by atoms with Crippen LogP contribution in [0.1, 0.15) is 69.3 Å². The Kier molecular flexibility index (Phi) is 8.91. The number of benzene rings is 1. The third kappa shape index (κ3) is 6.48. The van der Waals surface area contributed by atoms with Crippen LogP contribution in [0.3, 0.4) is 0 Å². The van der Waals surface area contributed by atoms with Crippen LogP contribution in [-0.4, -0.2) is 50.5 Å². The molecular weight excluding hydrogens is 428 g/mol. The van der Waals surface area contributed by atoms with E-state index < -0.39 is 0 Å². The van der Waals surface area contributed by atoms with E-state index in [9.17, 15) is 9.59 Å². The van der Waals surface area contributed by atoms with E-state index in [1.165, 1.54) is 0 Å². The summed E-state index contributed by atoms with van der Waals surface area (Å²) < 4.78 is 0. The van der Waals surface area contributed by atoms with Crippen LogP contribution in [0.4, 0.5) is 5.69 Å². The number of amides is 1. The van der Waals surface area contributed by atoms with Gasteiger partial charge in [0, 0.05) is 50.1 Å². The maximum absolute atomic E-state index is 12.8. The number of nitrogens with zero attached hydrogens (tertiary/aromatic N) is 2. The maximum atomic E-state index is 12.8. The topological polar surface area (TPSA) is 73.9 Å². The van der Waals surface area contributed by atoms with Crippen LogP contribution >= 0.6 is 0 Å². The standard InChI is InChI=1S/C27H40N4O3/c1-6-27(3,4)12-13-28-26(33)22-15-20-9-8-14-31(25(20)29-17-22)24-11-10-21(19-32)23(16-24)18-30(5)34-7-2/h10-11,15-16,19,29H,6-9,12-14,17-18H2,1-5H3,(H,28,33). The summed E-state index contributed by atoms with van der Waals surface area (Å²) in [6.45, 7) is 11.8. The summed E-state index contributed by atoms with van der Waals surface area (Å²) >= 11 is 0. The normalized spacial score (nSPS) is 16.2. The van der Waals surface area contributed by atoms with Crippen molar-refractivity contribution >= 4 is 17.9 Å². The Hall–Kier alpha value is -2.64. The molecule has 2 aliphatic heterocycles. The Bertz CT molecular complexity index is 951. The molecule has 2 aliphatic rings. The maximum Gasteiger partial charge on any atom is 0.249 e. The monoisotopic (exact) mass is 468 g/mol. The number of hydrogen-bond donors (Lipinski definition) is 2. The molecule has 7 heteroatoms. The van der Waals surface area contributed by atoms with Gasteiger partial charge in [-0.2, -0.15) is 5.06 Å². The van der Waals surface area contributed by atoms with Crippen molar-refractivity contribution in [3.8, 4) is 0 Å². The zero-order valence-electron chi connectivity index (χ0n) is 21.4. The summed E-state index contributed by atoms with van der Waals surface area (Å²) in [7, 11) is 1.87. The highest BCUT2D eigenvalue weighted by Gasteiger charge is 2.26. The van der Waals surface area contributed by atoms with Crippen LogP contribution in [0.5, 0.6) is 0 Å². The van der Waals surface area contributed by atoms with Crippen molar-refractivity contribution in [1.29, 1.82) is 0 Å². The van der Waals surface area contributed by atoms with Crippen molar-refractivity contribution in [2.24, 2.45) is 5.41 Å².